The first-order valence-corrected chi connectivity index (χ1v) is 12.1. The third-order valence-electron chi connectivity index (χ3n) is 7.53. The van der Waals surface area contributed by atoms with Gasteiger partial charge in [-0.25, -0.2) is 9.78 Å². The number of carbonyl (C=O) groups is 1. The Hall–Kier alpha value is -3.35. The van der Waals surface area contributed by atoms with E-state index in [9.17, 15) is 9.59 Å². The Morgan fingerprint density at radius 3 is 2.56 bits per heavy atom. The second kappa shape index (κ2) is 8.78. The summed E-state index contributed by atoms with van der Waals surface area (Å²) in [5.41, 5.74) is 2.58. The van der Waals surface area contributed by atoms with E-state index < -0.39 is 11.4 Å². The lowest BCUT2D eigenvalue weighted by Crippen LogP contribution is -2.44. The number of aromatic amines is 1. The molecule has 2 aliphatic rings. The summed E-state index contributed by atoms with van der Waals surface area (Å²) in [7, 11) is 1.43. The molecule has 1 N–H and O–H groups in total. The Kier molecular flexibility index (Phi) is 5.80. The molecule has 1 aliphatic heterocycles. The molecule has 0 bridgehead atoms. The van der Waals surface area contributed by atoms with Crippen molar-refractivity contribution in [3.8, 4) is 17.0 Å². The summed E-state index contributed by atoms with van der Waals surface area (Å²) in [6.07, 6.45) is 6.25. The van der Waals surface area contributed by atoms with Gasteiger partial charge >= 0.3 is 5.97 Å². The van der Waals surface area contributed by atoms with Gasteiger partial charge in [0, 0.05) is 24.0 Å². The summed E-state index contributed by atoms with van der Waals surface area (Å²) in [5.74, 6) is 0.244. The second-order valence-corrected chi connectivity index (χ2v) is 9.48. The van der Waals surface area contributed by atoms with Crippen LogP contribution in [0, 0.1) is 12.3 Å². The number of nitrogens with one attached hydrogen (secondary N) is 1. The molecular formula is C27H31N3O4. The molecule has 3 heterocycles. The van der Waals surface area contributed by atoms with Crippen molar-refractivity contribution in [3.05, 3.63) is 51.8 Å². The minimum atomic E-state index is -0.664. The van der Waals surface area contributed by atoms with Crippen molar-refractivity contribution < 1.29 is 14.3 Å². The number of anilines is 1. The first-order chi connectivity index (χ1) is 16.5. The Labute approximate surface area is 199 Å². The summed E-state index contributed by atoms with van der Waals surface area (Å²) in [5, 5.41) is 0.942. The van der Waals surface area contributed by atoms with Crippen LogP contribution in [0.15, 0.2) is 35.1 Å². The standard InChI is InChI=1S/C27H31N3O4/c1-4-34-26(32)21-22(28-17(2)24(33-3)23(21)31)19-16-18-8-5-6-9-20(18)29-25(19)30-14-12-27(13-15-30)10-7-11-27/h5-6,8-9,16H,4,7,10-15H2,1-3H3,(H,28,31). The van der Waals surface area contributed by atoms with Gasteiger partial charge in [-0.2, -0.15) is 0 Å². The number of pyridine rings is 2. The second-order valence-electron chi connectivity index (χ2n) is 9.48. The quantitative estimate of drug-likeness (QED) is 0.547. The number of hydrogen-bond acceptors (Lipinski definition) is 6. The molecule has 0 amide bonds. The number of esters is 1. The highest BCUT2D eigenvalue weighted by Gasteiger charge is 2.40. The lowest BCUT2D eigenvalue weighted by atomic mass is 9.63. The number of nitrogens with zero attached hydrogens (tertiary/aromatic N) is 2. The van der Waals surface area contributed by atoms with Gasteiger partial charge in [-0.1, -0.05) is 24.6 Å². The molecule has 1 saturated heterocycles. The fraction of sp³-hybridized carbons (Fsp3) is 0.444. The summed E-state index contributed by atoms with van der Waals surface area (Å²) >= 11 is 0. The number of hydrogen-bond donors (Lipinski definition) is 1. The van der Waals surface area contributed by atoms with Crippen LogP contribution in [0.3, 0.4) is 0 Å². The van der Waals surface area contributed by atoms with Crippen LogP contribution in [0.4, 0.5) is 5.82 Å². The predicted octanol–water partition coefficient (Wildman–Crippen LogP) is 4.85. The maximum atomic E-state index is 13.3. The Bertz CT molecular complexity index is 1300. The number of fused-ring (bicyclic) bond motifs is 1. The highest BCUT2D eigenvalue weighted by molar-refractivity contribution is 6.00. The minimum Gasteiger partial charge on any atom is -0.491 e. The zero-order valence-electron chi connectivity index (χ0n) is 20.1. The van der Waals surface area contributed by atoms with Gasteiger partial charge in [0.25, 0.3) is 0 Å². The zero-order valence-corrected chi connectivity index (χ0v) is 20.1. The molecule has 0 radical (unpaired) electrons. The van der Waals surface area contributed by atoms with Crippen LogP contribution in [0.1, 0.15) is 55.1 Å². The lowest BCUT2D eigenvalue weighted by molar-refractivity contribution is 0.0525. The van der Waals surface area contributed by atoms with Gasteiger partial charge in [0.15, 0.2) is 5.75 Å². The van der Waals surface area contributed by atoms with Crippen molar-refractivity contribution in [1.82, 2.24) is 9.97 Å². The van der Waals surface area contributed by atoms with E-state index in [-0.39, 0.29) is 17.9 Å². The van der Waals surface area contributed by atoms with Crippen LogP contribution >= 0.6 is 0 Å². The zero-order chi connectivity index (χ0) is 23.9. The Morgan fingerprint density at radius 1 is 1.18 bits per heavy atom. The molecule has 7 heteroatoms. The fourth-order valence-electron chi connectivity index (χ4n) is 5.45. The highest BCUT2D eigenvalue weighted by Crippen LogP contribution is 2.49. The third-order valence-corrected chi connectivity index (χ3v) is 7.53. The number of methoxy groups -OCH3 is 1. The normalized spacial score (nSPS) is 17.0. The number of para-hydroxylation sites is 1. The molecule has 1 aromatic carbocycles. The van der Waals surface area contributed by atoms with E-state index in [4.69, 9.17) is 14.5 Å². The van der Waals surface area contributed by atoms with E-state index in [0.29, 0.717) is 16.8 Å². The molecular weight excluding hydrogens is 430 g/mol. The molecule has 34 heavy (non-hydrogen) atoms. The Balaban J connectivity index is 1.71. The number of carbonyl (C=O) groups excluding carboxylic acids is 1. The van der Waals surface area contributed by atoms with Crippen LogP contribution in [0.5, 0.6) is 5.75 Å². The van der Waals surface area contributed by atoms with Crippen molar-refractivity contribution in [2.24, 2.45) is 5.41 Å². The van der Waals surface area contributed by atoms with Gasteiger partial charge in [0.1, 0.15) is 11.4 Å². The maximum absolute atomic E-state index is 13.3. The van der Waals surface area contributed by atoms with Crippen molar-refractivity contribution in [3.63, 3.8) is 0 Å². The van der Waals surface area contributed by atoms with Gasteiger partial charge in [-0.05, 0) is 57.1 Å². The van der Waals surface area contributed by atoms with Crippen LogP contribution in [-0.4, -0.2) is 42.7 Å². The molecule has 0 unspecified atom stereocenters. The van der Waals surface area contributed by atoms with Gasteiger partial charge in [0.2, 0.25) is 5.43 Å². The number of aromatic nitrogens is 2. The Morgan fingerprint density at radius 2 is 1.91 bits per heavy atom. The van der Waals surface area contributed by atoms with Gasteiger partial charge in [-0.3, -0.25) is 4.79 Å². The van der Waals surface area contributed by atoms with Crippen LogP contribution in [0.2, 0.25) is 0 Å². The molecule has 5 rings (SSSR count). The van der Waals surface area contributed by atoms with Crippen molar-refractivity contribution in [2.75, 3.05) is 31.7 Å². The third kappa shape index (κ3) is 3.73. The monoisotopic (exact) mass is 461 g/mol. The van der Waals surface area contributed by atoms with Gasteiger partial charge < -0.3 is 19.4 Å². The fourth-order valence-corrected chi connectivity index (χ4v) is 5.45. The molecule has 1 saturated carbocycles. The van der Waals surface area contributed by atoms with E-state index in [1.54, 1.807) is 13.8 Å². The van der Waals surface area contributed by atoms with E-state index in [0.717, 1.165) is 48.2 Å². The first kappa shape index (κ1) is 22.4. The van der Waals surface area contributed by atoms with E-state index in [1.165, 1.54) is 26.4 Å². The summed E-state index contributed by atoms with van der Waals surface area (Å²) in [6, 6.07) is 9.94. The molecule has 3 aromatic rings. The van der Waals surface area contributed by atoms with Crippen LogP contribution in [0.25, 0.3) is 22.2 Å². The molecule has 0 atom stereocenters. The molecule has 1 spiro atoms. The average Bonchev–Trinajstić information content (AvgIpc) is 2.82. The lowest BCUT2D eigenvalue weighted by Gasteiger charge is -2.48. The number of piperidine rings is 1. The molecule has 7 nitrogen and oxygen atoms in total. The van der Waals surface area contributed by atoms with Crippen LogP contribution in [-0.2, 0) is 4.74 Å². The van der Waals surface area contributed by atoms with Crippen LogP contribution < -0.4 is 15.1 Å². The molecule has 178 valence electrons. The van der Waals surface area contributed by atoms with Crippen molar-refractivity contribution in [1.29, 1.82) is 0 Å². The first-order valence-electron chi connectivity index (χ1n) is 12.1. The largest absolute Gasteiger partial charge is 0.491 e. The van der Waals surface area contributed by atoms with E-state index in [1.807, 2.05) is 30.3 Å². The summed E-state index contributed by atoms with van der Waals surface area (Å²) in [4.78, 5) is 36.9. The average molecular weight is 462 g/mol. The smallest absolute Gasteiger partial charge is 0.344 e. The van der Waals surface area contributed by atoms with Gasteiger partial charge in [-0.15, -0.1) is 0 Å². The van der Waals surface area contributed by atoms with Crippen molar-refractivity contribution >= 4 is 22.7 Å². The molecule has 2 aromatic heterocycles. The molecule has 2 fully saturated rings. The predicted molar refractivity (Wildman–Crippen MR) is 133 cm³/mol. The number of aryl methyl sites for hydroxylation is 1. The topological polar surface area (TPSA) is 84.5 Å². The van der Waals surface area contributed by atoms with E-state index >= 15 is 0 Å². The number of benzene rings is 1. The highest BCUT2D eigenvalue weighted by atomic mass is 16.5. The van der Waals surface area contributed by atoms with Crippen molar-refractivity contribution in [2.45, 2.75) is 46.0 Å². The van der Waals surface area contributed by atoms with E-state index in [2.05, 4.69) is 9.88 Å². The number of ether oxygens (including phenoxy) is 2. The summed E-state index contributed by atoms with van der Waals surface area (Å²) in [6.45, 7) is 5.49. The number of H-pyrrole nitrogens is 1. The summed E-state index contributed by atoms with van der Waals surface area (Å²) < 4.78 is 10.6. The van der Waals surface area contributed by atoms with Gasteiger partial charge in [0.05, 0.1) is 30.6 Å². The number of rotatable bonds is 5. The minimum absolute atomic E-state index is 0.0462. The SMILES string of the molecule is CCOC(=O)c1c(-c2cc3ccccc3nc2N2CCC3(CCC3)CC2)[nH]c(C)c(OC)c1=O. The molecule has 1 aliphatic carbocycles. The maximum Gasteiger partial charge on any atom is 0.344 e.